The van der Waals surface area contributed by atoms with Crippen LogP contribution in [0.1, 0.15) is 30.7 Å². The van der Waals surface area contributed by atoms with Gasteiger partial charge in [-0.05, 0) is 49.9 Å². The Kier molecular flexibility index (Phi) is 4.44. The van der Waals surface area contributed by atoms with Gasteiger partial charge in [0.1, 0.15) is 0 Å². The van der Waals surface area contributed by atoms with Gasteiger partial charge in [0.05, 0.1) is 13.0 Å². The Morgan fingerprint density at radius 1 is 1.32 bits per heavy atom. The largest absolute Gasteiger partial charge is 0.300 e. The smallest absolute Gasteiger partial charge is 0.251 e. The van der Waals surface area contributed by atoms with Gasteiger partial charge in [-0.25, -0.2) is 5.06 Å². The number of fused-ring (bicyclic) bond motifs is 2. The van der Waals surface area contributed by atoms with Gasteiger partial charge >= 0.3 is 0 Å². The number of piperidine rings is 1. The monoisotopic (exact) mass is 322 g/mol. The third kappa shape index (κ3) is 2.64. The van der Waals surface area contributed by atoms with E-state index in [0.717, 1.165) is 17.9 Å². The number of hydrogen-bond acceptors (Lipinski definition) is 3. The van der Waals surface area contributed by atoms with Gasteiger partial charge in [-0.1, -0.05) is 23.7 Å². The minimum Gasteiger partial charge on any atom is -0.300 e. The van der Waals surface area contributed by atoms with Crippen LogP contribution < -0.4 is 0 Å². The van der Waals surface area contributed by atoms with Crippen LogP contribution in [-0.4, -0.2) is 49.2 Å². The highest BCUT2D eigenvalue weighted by Gasteiger charge is 2.49. The van der Waals surface area contributed by atoms with Crippen LogP contribution in [0.2, 0.25) is 5.02 Å². The summed E-state index contributed by atoms with van der Waals surface area (Å²) in [5.41, 5.74) is 1.21. The zero-order valence-electron chi connectivity index (χ0n) is 13.3. The van der Waals surface area contributed by atoms with Crippen LogP contribution in [0.15, 0.2) is 24.3 Å². The van der Waals surface area contributed by atoms with Crippen molar-refractivity contribution in [1.29, 1.82) is 0 Å². The fourth-order valence-electron chi connectivity index (χ4n) is 4.16. The van der Waals surface area contributed by atoms with Crippen molar-refractivity contribution in [1.82, 2.24) is 9.96 Å². The molecule has 2 fully saturated rings. The number of rotatable bonds is 3. The third-order valence-corrected chi connectivity index (χ3v) is 5.69. The second-order valence-electron chi connectivity index (χ2n) is 6.40. The molecule has 2 aliphatic heterocycles. The summed E-state index contributed by atoms with van der Waals surface area (Å²) in [4.78, 5) is 20.4. The first kappa shape index (κ1) is 15.8. The van der Waals surface area contributed by atoms with E-state index in [2.05, 4.69) is 24.1 Å². The number of carbonyl (C=O) groups excluding carboxylic acids is 1. The lowest BCUT2D eigenvalue weighted by atomic mass is 9.75. The van der Waals surface area contributed by atoms with Gasteiger partial charge in [-0.15, -0.1) is 0 Å². The molecule has 2 saturated heterocycles. The molecule has 0 N–H and O–H groups in total. The van der Waals surface area contributed by atoms with Gasteiger partial charge < -0.3 is 0 Å². The number of hydroxylamine groups is 2. The van der Waals surface area contributed by atoms with Crippen LogP contribution in [0, 0.1) is 5.92 Å². The maximum Gasteiger partial charge on any atom is 0.251 e. The molecule has 2 aliphatic rings. The van der Waals surface area contributed by atoms with E-state index < -0.39 is 0 Å². The van der Waals surface area contributed by atoms with E-state index in [0.29, 0.717) is 12.1 Å². The number of carbonyl (C=O) groups is 1. The van der Waals surface area contributed by atoms with E-state index in [1.54, 1.807) is 14.2 Å². The number of amides is 1. The second-order valence-corrected chi connectivity index (χ2v) is 6.84. The summed E-state index contributed by atoms with van der Waals surface area (Å²) in [6, 6.07) is 8.82. The van der Waals surface area contributed by atoms with E-state index in [-0.39, 0.29) is 17.7 Å². The zero-order valence-corrected chi connectivity index (χ0v) is 14.1. The Bertz CT molecular complexity index is 548. The molecule has 5 heteroatoms. The highest BCUT2D eigenvalue weighted by atomic mass is 35.5. The molecule has 22 heavy (non-hydrogen) atoms. The number of hydrogen-bond donors (Lipinski definition) is 0. The maximum atomic E-state index is 12.9. The van der Waals surface area contributed by atoms with Crippen LogP contribution in [-0.2, 0) is 9.63 Å². The van der Waals surface area contributed by atoms with Crippen LogP contribution in [0.5, 0.6) is 0 Å². The predicted molar refractivity (Wildman–Crippen MR) is 86.7 cm³/mol. The Balaban J connectivity index is 1.95. The molecule has 0 radical (unpaired) electrons. The summed E-state index contributed by atoms with van der Waals surface area (Å²) in [6.07, 6.45) is 3.27. The first-order valence-electron chi connectivity index (χ1n) is 7.82. The first-order chi connectivity index (χ1) is 10.5. The van der Waals surface area contributed by atoms with Crippen molar-refractivity contribution in [3.63, 3.8) is 0 Å². The Morgan fingerprint density at radius 2 is 2.00 bits per heavy atom. The van der Waals surface area contributed by atoms with Crippen molar-refractivity contribution < 1.29 is 9.63 Å². The highest BCUT2D eigenvalue weighted by molar-refractivity contribution is 6.30. The average molecular weight is 323 g/mol. The minimum absolute atomic E-state index is 0.0603. The molecule has 2 heterocycles. The number of benzene rings is 1. The molecule has 0 aromatic heterocycles. The molecule has 4 nitrogen and oxygen atoms in total. The molecule has 120 valence electrons. The molecule has 1 aromatic carbocycles. The quantitative estimate of drug-likeness (QED) is 0.802. The van der Waals surface area contributed by atoms with Gasteiger partial charge in [0.15, 0.2) is 0 Å². The van der Waals surface area contributed by atoms with Gasteiger partial charge in [-0.3, -0.25) is 14.5 Å². The lowest BCUT2D eigenvalue weighted by Gasteiger charge is -2.43. The summed E-state index contributed by atoms with van der Waals surface area (Å²) in [5, 5.41) is 2.11. The van der Waals surface area contributed by atoms with Gasteiger partial charge in [0.25, 0.3) is 5.91 Å². The molecule has 0 spiro atoms. The molecule has 0 saturated carbocycles. The van der Waals surface area contributed by atoms with Gasteiger partial charge in [0.2, 0.25) is 0 Å². The molecule has 2 bridgehead atoms. The topological polar surface area (TPSA) is 32.8 Å². The molecule has 3 rings (SSSR count). The van der Waals surface area contributed by atoms with Crippen LogP contribution in [0.3, 0.4) is 0 Å². The van der Waals surface area contributed by atoms with Crippen molar-refractivity contribution >= 4 is 17.5 Å². The molecule has 1 aromatic rings. The normalized spacial score (nSPS) is 31.3. The fraction of sp³-hybridized carbons (Fsp3) is 0.588. The third-order valence-electron chi connectivity index (χ3n) is 5.44. The Hall–Kier alpha value is -1.10. The Morgan fingerprint density at radius 3 is 2.64 bits per heavy atom. The van der Waals surface area contributed by atoms with Crippen molar-refractivity contribution in [2.75, 3.05) is 21.2 Å². The van der Waals surface area contributed by atoms with Crippen LogP contribution in [0.4, 0.5) is 0 Å². The van der Waals surface area contributed by atoms with Gasteiger partial charge in [0, 0.05) is 24.2 Å². The summed E-state index contributed by atoms with van der Waals surface area (Å²) in [7, 11) is 5.38. The van der Waals surface area contributed by atoms with Crippen LogP contribution in [0.25, 0.3) is 0 Å². The summed E-state index contributed by atoms with van der Waals surface area (Å²) >= 11 is 6.01. The van der Waals surface area contributed by atoms with E-state index in [1.807, 2.05) is 12.1 Å². The molecular formula is C17H23ClN2O2. The number of nitrogens with zero attached hydrogens (tertiary/aromatic N) is 2. The van der Waals surface area contributed by atoms with Gasteiger partial charge in [-0.2, -0.15) is 0 Å². The lowest BCUT2D eigenvalue weighted by Crippen LogP contribution is -2.51. The Labute approximate surface area is 136 Å². The summed E-state index contributed by atoms with van der Waals surface area (Å²) in [5.74, 6) is 0.241. The van der Waals surface area contributed by atoms with Crippen molar-refractivity contribution in [2.45, 2.75) is 37.3 Å². The summed E-state index contributed by atoms with van der Waals surface area (Å²) < 4.78 is 0. The first-order valence-corrected chi connectivity index (χ1v) is 8.19. The molecule has 1 amide bonds. The highest BCUT2D eigenvalue weighted by Crippen LogP contribution is 2.46. The molecule has 0 unspecified atom stereocenters. The molecule has 0 aliphatic carbocycles. The standard InChI is InChI=1S/C17H23ClN2O2/c1-19-13-8-9-15(19)16(17(21)20(2)22-3)14(10-13)11-4-6-12(18)7-5-11/h4-7,13-16H,8-10H2,1-3H3/t13-,14+,15+,16-/m0/s1. The molecular weight excluding hydrogens is 300 g/mol. The van der Waals surface area contributed by atoms with Crippen LogP contribution >= 0.6 is 11.6 Å². The van der Waals surface area contributed by atoms with E-state index in [1.165, 1.54) is 17.0 Å². The fourth-order valence-corrected chi connectivity index (χ4v) is 4.28. The SMILES string of the molecule is CON(C)C(=O)[C@H]1[C@@H](c2ccc(Cl)cc2)C[C@@H]2CC[C@H]1N2C. The van der Waals surface area contributed by atoms with Crippen molar-refractivity contribution in [3.8, 4) is 0 Å². The van der Waals surface area contributed by atoms with Crippen molar-refractivity contribution in [2.24, 2.45) is 5.92 Å². The van der Waals surface area contributed by atoms with Crippen molar-refractivity contribution in [3.05, 3.63) is 34.9 Å². The summed E-state index contributed by atoms with van der Waals surface area (Å²) in [6.45, 7) is 0. The maximum absolute atomic E-state index is 12.9. The second kappa shape index (κ2) is 6.19. The van der Waals surface area contributed by atoms with E-state index >= 15 is 0 Å². The minimum atomic E-state index is -0.0603. The molecule has 4 atom stereocenters. The number of halogens is 1. The van der Waals surface area contributed by atoms with E-state index in [9.17, 15) is 4.79 Å². The zero-order chi connectivity index (χ0) is 15.9. The lowest BCUT2D eigenvalue weighted by molar-refractivity contribution is -0.177. The average Bonchev–Trinajstić information content (AvgIpc) is 2.76. The van der Waals surface area contributed by atoms with E-state index in [4.69, 9.17) is 16.4 Å². The predicted octanol–water partition coefficient (Wildman–Crippen LogP) is 2.93.